The zero-order valence-electron chi connectivity index (χ0n) is 10.6. The first-order chi connectivity index (χ1) is 8.97. The third kappa shape index (κ3) is 3.08. The van der Waals surface area contributed by atoms with E-state index in [0.717, 1.165) is 11.4 Å². The van der Waals surface area contributed by atoms with Crippen LogP contribution >= 0.6 is 15.9 Å². The Balaban J connectivity index is 2.28. The molecule has 1 amide bonds. The van der Waals surface area contributed by atoms with Gasteiger partial charge in [0.2, 0.25) is 0 Å². The van der Waals surface area contributed by atoms with E-state index in [4.69, 9.17) is 5.73 Å². The van der Waals surface area contributed by atoms with E-state index in [9.17, 15) is 4.79 Å². The molecule has 0 bridgehead atoms. The maximum absolute atomic E-state index is 12.1. The summed E-state index contributed by atoms with van der Waals surface area (Å²) in [6.07, 6.45) is 1.55. The van der Waals surface area contributed by atoms with Gasteiger partial charge in [-0.05, 0) is 48.0 Å². The molecule has 0 fully saturated rings. The fourth-order valence-corrected chi connectivity index (χ4v) is 1.97. The minimum Gasteiger partial charge on any atom is -0.383 e. The molecule has 98 valence electrons. The van der Waals surface area contributed by atoms with Crippen LogP contribution in [0.25, 0.3) is 0 Å². The van der Waals surface area contributed by atoms with E-state index in [1.807, 2.05) is 26.0 Å². The third-order valence-corrected chi connectivity index (χ3v) is 3.04. The van der Waals surface area contributed by atoms with Crippen LogP contribution in [0.4, 0.5) is 11.5 Å². The molecule has 0 saturated heterocycles. The Morgan fingerprint density at radius 1 is 1.37 bits per heavy atom. The van der Waals surface area contributed by atoms with Crippen molar-refractivity contribution in [1.29, 1.82) is 0 Å². The molecule has 0 aromatic carbocycles. The molecule has 0 radical (unpaired) electrons. The largest absolute Gasteiger partial charge is 0.383 e. The molecule has 0 aliphatic carbocycles. The van der Waals surface area contributed by atoms with Crippen molar-refractivity contribution in [2.45, 2.75) is 13.8 Å². The molecule has 0 atom stereocenters. The number of carbonyl (C=O) groups excluding carboxylic acids is 1. The van der Waals surface area contributed by atoms with Crippen LogP contribution in [0.3, 0.4) is 0 Å². The number of hydrogen-bond donors (Lipinski definition) is 2. The van der Waals surface area contributed by atoms with Crippen molar-refractivity contribution in [3.8, 4) is 0 Å². The smallest absolute Gasteiger partial charge is 0.259 e. The highest BCUT2D eigenvalue weighted by Gasteiger charge is 2.13. The number of aryl methyl sites for hydroxylation is 2. The van der Waals surface area contributed by atoms with Crippen molar-refractivity contribution in [2.24, 2.45) is 0 Å². The van der Waals surface area contributed by atoms with Gasteiger partial charge in [-0.3, -0.25) is 9.78 Å². The predicted octanol–water partition coefficient (Wildman–Crippen LogP) is 2.69. The second-order valence-corrected chi connectivity index (χ2v) is 5.04. The maximum Gasteiger partial charge on any atom is 0.259 e. The lowest BCUT2D eigenvalue weighted by Crippen LogP contribution is -2.16. The minimum atomic E-state index is -0.306. The molecule has 0 spiro atoms. The summed E-state index contributed by atoms with van der Waals surface area (Å²) in [4.78, 5) is 20.4. The van der Waals surface area contributed by atoms with Crippen LogP contribution in [-0.4, -0.2) is 15.9 Å². The first-order valence-electron chi connectivity index (χ1n) is 5.64. The van der Waals surface area contributed by atoms with E-state index in [0.29, 0.717) is 15.7 Å². The van der Waals surface area contributed by atoms with Gasteiger partial charge in [-0.15, -0.1) is 0 Å². The lowest BCUT2D eigenvalue weighted by Gasteiger charge is -2.09. The molecule has 2 heterocycles. The topological polar surface area (TPSA) is 80.9 Å². The molecule has 0 aliphatic rings. The van der Waals surface area contributed by atoms with Gasteiger partial charge in [-0.2, -0.15) is 0 Å². The second kappa shape index (κ2) is 5.36. The standard InChI is InChI=1S/C13H13BrN4O/c1-7-3-4-11(8(2)17-7)18-13(19)10-5-9(14)6-16-12(10)15/h3-6H,1-2H3,(H2,15,16)(H,18,19). The van der Waals surface area contributed by atoms with Crippen LogP contribution < -0.4 is 11.1 Å². The normalized spacial score (nSPS) is 10.3. The Morgan fingerprint density at radius 3 is 2.79 bits per heavy atom. The lowest BCUT2D eigenvalue weighted by atomic mass is 10.2. The summed E-state index contributed by atoms with van der Waals surface area (Å²) < 4.78 is 0.700. The van der Waals surface area contributed by atoms with E-state index >= 15 is 0 Å². The summed E-state index contributed by atoms with van der Waals surface area (Å²) in [7, 11) is 0. The molecule has 2 aromatic heterocycles. The molecule has 2 rings (SSSR count). The van der Waals surface area contributed by atoms with Crippen molar-refractivity contribution in [3.63, 3.8) is 0 Å². The Labute approximate surface area is 119 Å². The first-order valence-corrected chi connectivity index (χ1v) is 6.43. The Bertz CT molecular complexity index is 643. The van der Waals surface area contributed by atoms with Gasteiger partial charge >= 0.3 is 0 Å². The van der Waals surface area contributed by atoms with Crippen LogP contribution in [-0.2, 0) is 0 Å². The molecule has 0 unspecified atom stereocenters. The number of nitrogens with zero attached hydrogens (tertiary/aromatic N) is 2. The Morgan fingerprint density at radius 2 is 2.11 bits per heavy atom. The molecular formula is C13H13BrN4O. The van der Waals surface area contributed by atoms with E-state index in [1.165, 1.54) is 0 Å². The average Bonchev–Trinajstić information content (AvgIpc) is 2.35. The second-order valence-electron chi connectivity index (χ2n) is 4.13. The van der Waals surface area contributed by atoms with Gasteiger partial charge in [-0.25, -0.2) is 4.98 Å². The molecule has 2 aromatic rings. The number of pyridine rings is 2. The molecule has 6 heteroatoms. The van der Waals surface area contributed by atoms with E-state index < -0.39 is 0 Å². The number of nitrogens with two attached hydrogens (primary N) is 1. The fourth-order valence-electron chi connectivity index (χ4n) is 1.64. The maximum atomic E-state index is 12.1. The molecule has 5 nitrogen and oxygen atoms in total. The van der Waals surface area contributed by atoms with Gasteiger partial charge in [0.05, 0.1) is 16.9 Å². The summed E-state index contributed by atoms with van der Waals surface area (Å²) in [6.45, 7) is 3.74. The van der Waals surface area contributed by atoms with E-state index in [2.05, 4.69) is 31.2 Å². The van der Waals surface area contributed by atoms with E-state index in [-0.39, 0.29) is 11.7 Å². The highest BCUT2D eigenvalue weighted by molar-refractivity contribution is 9.10. The zero-order chi connectivity index (χ0) is 14.0. The average molecular weight is 321 g/mol. The summed E-state index contributed by atoms with van der Waals surface area (Å²) in [5.74, 6) is -0.113. The quantitative estimate of drug-likeness (QED) is 0.891. The molecule has 3 N–H and O–H groups in total. The van der Waals surface area contributed by atoms with Gasteiger partial charge < -0.3 is 11.1 Å². The number of nitrogen functional groups attached to an aromatic ring is 1. The highest BCUT2D eigenvalue weighted by Crippen LogP contribution is 2.19. The minimum absolute atomic E-state index is 0.193. The number of halogens is 1. The third-order valence-electron chi connectivity index (χ3n) is 2.60. The van der Waals surface area contributed by atoms with Crippen LogP contribution in [0.1, 0.15) is 21.7 Å². The van der Waals surface area contributed by atoms with Crippen molar-refractivity contribution in [1.82, 2.24) is 9.97 Å². The van der Waals surface area contributed by atoms with Gasteiger partial charge in [0.15, 0.2) is 0 Å². The number of hydrogen-bond acceptors (Lipinski definition) is 4. The zero-order valence-corrected chi connectivity index (χ0v) is 12.2. The van der Waals surface area contributed by atoms with Crippen molar-refractivity contribution in [2.75, 3.05) is 11.1 Å². The fraction of sp³-hybridized carbons (Fsp3) is 0.154. The molecule has 0 aliphatic heterocycles. The van der Waals surface area contributed by atoms with Crippen LogP contribution in [0.2, 0.25) is 0 Å². The van der Waals surface area contributed by atoms with Crippen LogP contribution in [0.15, 0.2) is 28.9 Å². The summed E-state index contributed by atoms with van der Waals surface area (Å²) in [5.41, 5.74) is 8.35. The Kier molecular flexibility index (Phi) is 3.80. The SMILES string of the molecule is Cc1ccc(NC(=O)c2cc(Br)cnc2N)c(C)n1. The highest BCUT2D eigenvalue weighted by atomic mass is 79.9. The first kappa shape index (κ1) is 13.5. The van der Waals surface area contributed by atoms with Gasteiger partial charge in [-0.1, -0.05) is 0 Å². The predicted molar refractivity (Wildman–Crippen MR) is 78.0 cm³/mol. The summed E-state index contributed by atoms with van der Waals surface area (Å²) in [6, 6.07) is 5.29. The summed E-state index contributed by atoms with van der Waals surface area (Å²) >= 11 is 3.26. The summed E-state index contributed by atoms with van der Waals surface area (Å²) in [5, 5.41) is 2.78. The van der Waals surface area contributed by atoms with Crippen molar-refractivity contribution in [3.05, 3.63) is 45.8 Å². The van der Waals surface area contributed by atoms with E-state index in [1.54, 1.807) is 12.3 Å². The Hall–Kier alpha value is -1.95. The number of rotatable bonds is 2. The van der Waals surface area contributed by atoms with Gasteiger partial charge in [0.1, 0.15) is 5.82 Å². The van der Waals surface area contributed by atoms with Crippen molar-refractivity contribution >= 4 is 33.3 Å². The van der Waals surface area contributed by atoms with Crippen molar-refractivity contribution < 1.29 is 4.79 Å². The number of anilines is 2. The van der Waals surface area contributed by atoms with Crippen LogP contribution in [0.5, 0.6) is 0 Å². The number of carbonyl (C=O) groups is 1. The van der Waals surface area contributed by atoms with Gasteiger partial charge in [0.25, 0.3) is 5.91 Å². The number of nitrogens with one attached hydrogen (secondary N) is 1. The van der Waals surface area contributed by atoms with Crippen LogP contribution in [0, 0.1) is 13.8 Å². The molecule has 0 saturated carbocycles. The lowest BCUT2D eigenvalue weighted by molar-refractivity contribution is 0.102. The van der Waals surface area contributed by atoms with Gasteiger partial charge in [0, 0.05) is 16.4 Å². The molecular weight excluding hydrogens is 308 g/mol. The number of amides is 1. The monoisotopic (exact) mass is 320 g/mol. The number of aromatic nitrogens is 2. The molecule has 19 heavy (non-hydrogen) atoms.